The van der Waals surface area contributed by atoms with Crippen LogP contribution >= 0.6 is 19.1 Å². The van der Waals surface area contributed by atoms with Crippen molar-refractivity contribution >= 4 is 57.4 Å². The molecule has 0 aromatic heterocycles. The summed E-state index contributed by atoms with van der Waals surface area (Å²) in [5, 5.41) is 6.19. The lowest BCUT2D eigenvalue weighted by molar-refractivity contribution is 0.158. The molecule has 164 valence electrons. The fourth-order valence-electron chi connectivity index (χ4n) is 3.69. The van der Waals surface area contributed by atoms with E-state index in [2.05, 4.69) is 46.7 Å². The van der Waals surface area contributed by atoms with Gasteiger partial charge in [0.1, 0.15) is 0 Å². The van der Waals surface area contributed by atoms with E-state index in [1.807, 2.05) is 61.5 Å². The van der Waals surface area contributed by atoms with E-state index in [4.69, 9.17) is 22.7 Å². The van der Waals surface area contributed by atoms with Gasteiger partial charge in [-0.2, -0.15) is 0 Å². The normalized spacial score (nSPS) is 11.5. The van der Waals surface area contributed by atoms with Crippen LogP contribution in [0.15, 0.2) is 96.0 Å². The first-order valence-electron chi connectivity index (χ1n) is 10.2. The summed E-state index contributed by atoms with van der Waals surface area (Å²) in [6.45, 7) is 1.23. The number of alkyl carbamates (subject to hydrolysis) is 1. The first-order chi connectivity index (χ1) is 15.5. The Hall–Kier alpha value is -3.21. The number of hydrogen-bond acceptors (Lipinski definition) is 3. The fourth-order valence-corrected chi connectivity index (χ4v) is 8.15. The zero-order chi connectivity index (χ0) is 23.0. The van der Waals surface area contributed by atoms with Crippen molar-refractivity contribution in [2.24, 2.45) is 10.7 Å². The number of carbonyl (C=O) groups is 1. The van der Waals surface area contributed by atoms with Crippen molar-refractivity contribution < 1.29 is 9.53 Å². The molecular weight excluding hydrogens is 437 g/mol. The number of thiocarbonyl (C=S) groups is 1. The highest BCUT2D eigenvalue weighted by atomic mass is 32.1. The van der Waals surface area contributed by atoms with E-state index >= 15 is 0 Å². The average Bonchev–Trinajstić information content (AvgIpc) is 2.81. The zero-order valence-corrected chi connectivity index (χ0v) is 19.8. The smallest absolute Gasteiger partial charge is 0.411 e. The van der Waals surface area contributed by atoms with Gasteiger partial charge in [-0.3, -0.25) is 5.32 Å². The predicted molar refractivity (Wildman–Crippen MR) is 140 cm³/mol. The number of nitrogens with two attached hydrogens (primary N) is 1. The van der Waals surface area contributed by atoms with Crippen LogP contribution in [-0.4, -0.2) is 28.9 Å². The molecule has 3 N–H and O–H groups in total. The van der Waals surface area contributed by atoms with E-state index in [-0.39, 0.29) is 11.7 Å². The molecule has 0 aliphatic rings. The SMILES string of the molecule is CCOC(=O)NC(/C(C)=N/C(N)=S)=P(c1ccccc1)(c1ccccc1)c1ccccc1. The molecule has 0 saturated carbocycles. The summed E-state index contributed by atoms with van der Waals surface area (Å²) in [5.74, 6) is 0. The molecule has 5 nitrogen and oxygen atoms in total. The molecule has 1 amide bonds. The van der Waals surface area contributed by atoms with E-state index in [0.29, 0.717) is 11.1 Å². The third-order valence-electron chi connectivity index (χ3n) is 4.88. The van der Waals surface area contributed by atoms with Gasteiger partial charge in [-0.1, -0.05) is 91.0 Å². The van der Waals surface area contributed by atoms with Gasteiger partial charge >= 0.3 is 6.09 Å². The van der Waals surface area contributed by atoms with E-state index in [1.165, 1.54) is 0 Å². The molecule has 0 saturated heterocycles. The number of benzene rings is 3. The van der Waals surface area contributed by atoms with E-state index in [9.17, 15) is 4.79 Å². The van der Waals surface area contributed by atoms with Gasteiger partial charge in [0.15, 0.2) is 5.11 Å². The third kappa shape index (κ3) is 4.98. The number of nitrogens with one attached hydrogen (secondary N) is 1. The molecule has 0 atom stereocenters. The Balaban J connectivity index is 2.58. The molecule has 3 aromatic carbocycles. The first kappa shape index (κ1) is 23.5. The van der Waals surface area contributed by atoms with Crippen LogP contribution in [0.25, 0.3) is 0 Å². The van der Waals surface area contributed by atoms with Crippen LogP contribution in [0.4, 0.5) is 4.79 Å². The molecular formula is C25H26N3O2PS. The summed E-state index contributed by atoms with van der Waals surface area (Å²) < 4.78 is 5.26. The fraction of sp³-hybridized carbons (Fsp3) is 0.120. The molecule has 3 aromatic rings. The molecule has 0 unspecified atom stereocenters. The second-order valence-corrected chi connectivity index (χ2v) is 10.7. The maximum absolute atomic E-state index is 12.7. The number of hydrogen-bond donors (Lipinski definition) is 2. The number of carbonyl (C=O) groups excluding carboxylic acids is 1. The summed E-state index contributed by atoms with van der Waals surface area (Å²) in [7, 11) is 0. The Labute approximate surface area is 194 Å². The number of ether oxygens (including phenoxy) is 1. The van der Waals surface area contributed by atoms with Crippen molar-refractivity contribution in [3.05, 3.63) is 91.0 Å². The monoisotopic (exact) mass is 463 g/mol. The van der Waals surface area contributed by atoms with E-state index in [0.717, 1.165) is 15.9 Å². The van der Waals surface area contributed by atoms with Crippen LogP contribution in [0.1, 0.15) is 13.8 Å². The largest absolute Gasteiger partial charge is 0.450 e. The summed E-state index contributed by atoms with van der Waals surface area (Å²) in [6.07, 6.45) is -0.549. The Bertz CT molecular complexity index is 1060. The van der Waals surface area contributed by atoms with Crippen LogP contribution in [0, 0.1) is 0 Å². The van der Waals surface area contributed by atoms with E-state index < -0.39 is 13.0 Å². The highest BCUT2D eigenvalue weighted by Crippen LogP contribution is 2.45. The van der Waals surface area contributed by atoms with Crippen molar-refractivity contribution in [1.29, 1.82) is 0 Å². The van der Waals surface area contributed by atoms with Gasteiger partial charge in [0.2, 0.25) is 0 Å². The van der Waals surface area contributed by atoms with Crippen LogP contribution in [-0.2, 0) is 4.74 Å². The maximum Gasteiger partial charge on any atom is 0.411 e. The number of rotatable bonds is 6. The average molecular weight is 464 g/mol. The number of amides is 1. The van der Waals surface area contributed by atoms with Gasteiger partial charge in [0.25, 0.3) is 0 Å². The van der Waals surface area contributed by atoms with Gasteiger partial charge in [-0.25, -0.2) is 9.79 Å². The molecule has 0 spiro atoms. The molecule has 0 radical (unpaired) electrons. The van der Waals surface area contributed by atoms with Crippen molar-refractivity contribution in [1.82, 2.24) is 5.32 Å². The maximum atomic E-state index is 12.7. The van der Waals surface area contributed by atoms with Gasteiger partial charge in [0, 0.05) is 6.89 Å². The highest BCUT2D eigenvalue weighted by Gasteiger charge is 2.32. The van der Waals surface area contributed by atoms with Crippen molar-refractivity contribution in [2.45, 2.75) is 13.8 Å². The minimum atomic E-state index is -2.59. The second kappa shape index (κ2) is 10.9. The van der Waals surface area contributed by atoms with E-state index in [1.54, 1.807) is 6.92 Å². The lowest BCUT2D eigenvalue weighted by Crippen LogP contribution is -2.43. The highest BCUT2D eigenvalue weighted by molar-refractivity contribution is 7.96. The summed E-state index contributed by atoms with van der Waals surface area (Å²) >= 11 is 5.07. The third-order valence-corrected chi connectivity index (χ3v) is 9.30. The number of nitrogens with zero attached hydrogens (tertiary/aromatic N) is 1. The first-order valence-corrected chi connectivity index (χ1v) is 12.4. The molecule has 0 bridgehead atoms. The molecule has 0 fully saturated rings. The molecule has 0 aliphatic carbocycles. The minimum Gasteiger partial charge on any atom is -0.450 e. The van der Waals surface area contributed by atoms with Crippen LogP contribution < -0.4 is 27.0 Å². The van der Waals surface area contributed by atoms with Gasteiger partial charge < -0.3 is 10.5 Å². The number of aliphatic imine (C=N–C) groups is 1. The Kier molecular flexibility index (Phi) is 7.98. The van der Waals surface area contributed by atoms with Crippen LogP contribution in [0.5, 0.6) is 0 Å². The molecule has 3 rings (SSSR count). The van der Waals surface area contributed by atoms with Gasteiger partial charge in [-0.05, 0) is 42.0 Å². The second-order valence-electron chi connectivity index (χ2n) is 6.91. The van der Waals surface area contributed by atoms with Crippen molar-refractivity contribution in [3.8, 4) is 0 Å². The van der Waals surface area contributed by atoms with Crippen molar-refractivity contribution in [3.63, 3.8) is 0 Å². The zero-order valence-electron chi connectivity index (χ0n) is 18.1. The van der Waals surface area contributed by atoms with Gasteiger partial charge in [-0.15, -0.1) is 0 Å². The topological polar surface area (TPSA) is 76.7 Å². The van der Waals surface area contributed by atoms with Crippen molar-refractivity contribution in [2.75, 3.05) is 6.61 Å². The van der Waals surface area contributed by atoms with Gasteiger partial charge in [0.05, 0.1) is 17.7 Å². The summed E-state index contributed by atoms with van der Waals surface area (Å²) in [6, 6.07) is 30.4. The molecule has 32 heavy (non-hydrogen) atoms. The minimum absolute atomic E-state index is 0.00190. The van der Waals surface area contributed by atoms with Crippen LogP contribution in [0.3, 0.4) is 0 Å². The molecule has 7 heteroatoms. The lowest BCUT2D eigenvalue weighted by atomic mass is 10.3. The Morgan fingerprint density at radius 1 is 0.906 bits per heavy atom. The quantitative estimate of drug-likeness (QED) is 0.333. The Morgan fingerprint density at radius 3 is 1.66 bits per heavy atom. The molecule has 0 aliphatic heterocycles. The predicted octanol–water partition coefficient (Wildman–Crippen LogP) is 3.56. The lowest BCUT2D eigenvalue weighted by Gasteiger charge is -2.32. The van der Waals surface area contributed by atoms with Crippen LogP contribution in [0.2, 0.25) is 0 Å². The summed E-state index contributed by atoms with van der Waals surface area (Å²) in [4.78, 5) is 17.1. The Morgan fingerprint density at radius 2 is 1.31 bits per heavy atom. The summed E-state index contributed by atoms with van der Waals surface area (Å²) in [5.41, 5.74) is 6.95. The molecule has 0 heterocycles. The standard InChI is InChI=1S/C25H26N3O2PS/c1-3-30-25(29)28-23(19(2)27-24(26)32)31(20-13-7-4-8-14-20,21-15-9-5-10-16-21)22-17-11-6-12-18-22/h4-18H,3H2,1-2H3,(H2,26,32)(H,28,29)/b27-19+.